The minimum atomic E-state index is -0.514. The SMILES string of the molecule is CCC(CC)NC(=O)C(C)Oc1ccccc1CC(C)N. The summed E-state index contributed by atoms with van der Waals surface area (Å²) in [4.78, 5) is 12.1. The summed E-state index contributed by atoms with van der Waals surface area (Å²) >= 11 is 0. The Balaban J connectivity index is 2.69. The molecule has 1 aromatic rings. The minimum absolute atomic E-state index is 0.0587. The highest BCUT2D eigenvalue weighted by Gasteiger charge is 2.18. The van der Waals surface area contributed by atoms with E-state index in [0.29, 0.717) is 0 Å². The molecule has 0 aliphatic carbocycles. The number of rotatable bonds is 8. The number of nitrogens with two attached hydrogens (primary N) is 1. The number of ether oxygens (including phenoxy) is 1. The molecule has 0 aromatic heterocycles. The summed E-state index contributed by atoms with van der Waals surface area (Å²) in [6.07, 6.45) is 2.07. The molecule has 1 amide bonds. The molecule has 0 spiro atoms. The fourth-order valence-electron chi connectivity index (χ4n) is 2.19. The summed E-state index contributed by atoms with van der Waals surface area (Å²) in [5, 5.41) is 3.01. The van der Waals surface area contributed by atoms with Crippen molar-refractivity contribution in [2.75, 3.05) is 0 Å². The highest BCUT2D eigenvalue weighted by Crippen LogP contribution is 2.20. The molecule has 0 saturated heterocycles. The van der Waals surface area contributed by atoms with Crippen LogP contribution in [0.3, 0.4) is 0 Å². The molecule has 3 N–H and O–H groups in total. The van der Waals surface area contributed by atoms with Gasteiger partial charge in [0.05, 0.1) is 0 Å². The molecular formula is C17H28N2O2. The maximum absolute atomic E-state index is 12.1. The topological polar surface area (TPSA) is 64.3 Å². The maximum Gasteiger partial charge on any atom is 0.260 e. The van der Waals surface area contributed by atoms with Gasteiger partial charge in [0.25, 0.3) is 5.91 Å². The first-order valence-corrected chi connectivity index (χ1v) is 7.78. The summed E-state index contributed by atoms with van der Waals surface area (Å²) in [7, 11) is 0. The zero-order valence-electron chi connectivity index (χ0n) is 13.6. The second-order valence-electron chi connectivity index (χ2n) is 5.57. The number of hydrogen-bond donors (Lipinski definition) is 2. The molecule has 4 nitrogen and oxygen atoms in total. The van der Waals surface area contributed by atoms with Crippen LogP contribution in [0.4, 0.5) is 0 Å². The highest BCUT2D eigenvalue weighted by molar-refractivity contribution is 5.81. The third-order valence-corrected chi connectivity index (χ3v) is 3.52. The van der Waals surface area contributed by atoms with Gasteiger partial charge in [0, 0.05) is 12.1 Å². The first-order chi connectivity index (χ1) is 9.97. The lowest BCUT2D eigenvalue weighted by atomic mass is 10.1. The zero-order valence-corrected chi connectivity index (χ0v) is 13.6. The van der Waals surface area contributed by atoms with E-state index in [2.05, 4.69) is 19.2 Å². The van der Waals surface area contributed by atoms with Gasteiger partial charge in [-0.3, -0.25) is 4.79 Å². The average molecular weight is 292 g/mol. The summed E-state index contributed by atoms with van der Waals surface area (Å²) in [5.41, 5.74) is 6.89. The summed E-state index contributed by atoms with van der Waals surface area (Å²) in [5.74, 6) is 0.668. The fourth-order valence-corrected chi connectivity index (χ4v) is 2.19. The van der Waals surface area contributed by atoms with Gasteiger partial charge < -0.3 is 15.8 Å². The summed E-state index contributed by atoms with van der Waals surface area (Å²) in [6.45, 7) is 7.87. The smallest absolute Gasteiger partial charge is 0.260 e. The van der Waals surface area contributed by atoms with E-state index in [-0.39, 0.29) is 18.0 Å². The van der Waals surface area contributed by atoms with Crippen molar-refractivity contribution in [1.82, 2.24) is 5.32 Å². The second-order valence-corrected chi connectivity index (χ2v) is 5.57. The van der Waals surface area contributed by atoms with Crippen molar-refractivity contribution in [2.24, 2.45) is 5.73 Å². The molecule has 2 unspecified atom stereocenters. The standard InChI is InChI=1S/C17H28N2O2/c1-5-15(6-2)19-17(20)13(4)21-16-10-8-7-9-14(16)11-12(3)18/h7-10,12-13,15H,5-6,11,18H2,1-4H3,(H,19,20). The van der Waals surface area contributed by atoms with E-state index in [0.717, 1.165) is 30.6 Å². The second kappa shape index (κ2) is 8.67. The Hall–Kier alpha value is -1.55. The van der Waals surface area contributed by atoms with E-state index >= 15 is 0 Å². The van der Waals surface area contributed by atoms with Crippen LogP contribution >= 0.6 is 0 Å². The van der Waals surface area contributed by atoms with Crippen LogP contribution in [-0.2, 0) is 11.2 Å². The lowest BCUT2D eigenvalue weighted by Gasteiger charge is -2.21. The molecular weight excluding hydrogens is 264 g/mol. The molecule has 1 aromatic carbocycles. The van der Waals surface area contributed by atoms with Crippen LogP contribution in [0.5, 0.6) is 5.75 Å². The van der Waals surface area contributed by atoms with Crippen molar-refractivity contribution in [3.8, 4) is 5.75 Å². The van der Waals surface area contributed by atoms with Gasteiger partial charge >= 0.3 is 0 Å². The molecule has 4 heteroatoms. The van der Waals surface area contributed by atoms with Gasteiger partial charge in [0.2, 0.25) is 0 Å². The Morgan fingerprint density at radius 3 is 2.43 bits per heavy atom. The van der Waals surface area contributed by atoms with Crippen molar-refractivity contribution < 1.29 is 9.53 Å². The van der Waals surface area contributed by atoms with Crippen LogP contribution in [0.2, 0.25) is 0 Å². The van der Waals surface area contributed by atoms with Crippen molar-refractivity contribution in [3.05, 3.63) is 29.8 Å². The van der Waals surface area contributed by atoms with Crippen LogP contribution in [0.25, 0.3) is 0 Å². The van der Waals surface area contributed by atoms with Gasteiger partial charge in [0.15, 0.2) is 6.10 Å². The number of para-hydroxylation sites is 1. The molecule has 118 valence electrons. The normalized spacial score (nSPS) is 13.8. The van der Waals surface area contributed by atoms with E-state index in [9.17, 15) is 4.79 Å². The Morgan fingerprint density at radius 1 is 1.24 bits per heavy atom. The third-order valence-electron chi connectivity index (χ3n) is 3.52. The van der Waals surface area contributed by atoms with Crippen LogP contribution in [0, 0.1) is 0 Å². The highest BCUT2D eigenvalue weighted by atomic mass is 16.5. The predicted octanol–water partition coefficient (Wildman–Crippen LogP) is 2.65. The lowest BCUT2D eigenvalue weighted by Crippen LogP contribution is -2.42. The van der Waals surface area contributed by atoms with Crippen LogP contribution in [0.1, 0.15) is 46.1 Å². The number of amides is 1. The Labute approximate surface area is 128 Å². The van der Waals surface area contributed by atoms with Gasteiger partial charge in [-0.25, -0.2) is 0 Å². The molecule has 0 fully saturated rings. The van der Waals surface area contributed by atoms with E-state index in [1.54, 1.807) is 6.92 Å². The van der Waals surface area contributed by atoms with Gasteiger partial charge in [-0.1, -0.05) is 32.0 Å². The average Bonchev–Trinajstić information content (AvgIpc) is 2.45. The monoisotopic (exact) mass is 292 g/mol. The van der Waals surface area contributed by atoms with Gasteiger partial charge in [0.1, 0.15) is 5.75 Å². The first-order valence-electron chi connectivity index (χ1n) is 7.78. The molecule has 2 atom stereocenters. The maximum atomic E-state index is 12.1. The molecule has 0 heterocycles. The van der Waals surface area contributed by atoms with E-state index < -0.39 is 6.10 Å². The van der Waals surface area contributed by atoms with Crippen LogP contribution in [-0.4, -0.2) is 24.1 Å². The van der Waals surface area contributed by atoms with Gasteiger partial charge in [-0.05, 0) is 44.7 Å². The van der Waals surface area contributed by atoms with Crippen LogP contribution < -0.4 is 15.8 Å². The molecule has 0 aliphatic heterocycles. The van der Waals surface area contributed by atoms with Crippen molar-refractivity contribution in [1.29, 1.82) is 0 Å². The Morgan fingerprint density at radius 2 is 1.86 bits per heavy atom. The molecule has 0 radical (unpaired) electrons. The predicted molar refractivity (Wildman–Crippen MR) is 86.4 cm³/mol. The first kappa shape index (κ1) is 17.5. The van der Waals surface area contributed by atoms with Crippen LogP contribution in [0.15, 0.2) is 24.3 Å². The number of carbonyl (C=O) groups is 1. The summed E-state index contributed by atoms with van der Waals surface area (Å²) in [6, 6.07) is 8.01. The Kier molecular flexibility index (Phi) is 7.23. The number of nitrogens with one attached hydrogen (secondary N) is 1. The van der Waals surface area contributed by atoms with Gasteiger partial charge in [-0.15, -0.1) is 0 Å². The van der Waals surface area contributed by atoms with Crippen molar-refractivity contribution >= 4 is 5.91 Å². The molecule has 0 aliphatic rings. The van der Waals surface area contributed by atoms with E-state index in [1.807, 2.05) is 31.2 Å². The number of benzene rings is 1. The van der Waals surface area contributed by atoms with Gasteiger partial charge in [-0.2, -0.15) is 0 Å². The number of hydrogen-bond acceptors (Lipinski definition) is 3. The molecule has 1 rings (SSSR count). The van der Waals surface area contributed by atoms with E-state index in [4.69, 9.17) is 10.5 Å². The molecule has 21 heavy (non-hydrogen) atoms. The third kappa shape index (κ3) is 5.76. The quantitative estimate of drug-likeness (QED) is 0.774. The largest absolute Gasteiger partial charge is 0.481 e. The molecule has 0 saturated carbocycles. The van der Waals surface area contributed by atoms with Crippen molar-refractivity contribution in [2.45, 2.75) is 65.1 Å². The zero-order chi connectivity index (χ0) is 15.8. The minimum Gasteiger partial charge on any atom is -0.481 e. The Bertz CT molecular complexity index is 442. The summed E-state index contributed by atoms with van der Waals surface area (Å²) < 4.78 is 5.83. The number of carbonyl (C=O) groups excluding carboxylic acids is 1. The lowest BCUT2D eigenvalue weighted by molar-refractivity contribution is -0.128. The fraction of sp³-hybridized carbons (Fsp3) is 0.588. The van der Waals surface area contributed by atoms with E-state index in [1.165, 1.54) is 0 Å². The molecule has 0 bridgehead atoms. The van der Waals surface area contributed by atoms with Crippen molar-refractivity contribution in [3.63, 3.8) is 0 Å².